The molecule has 0 saturated heterocycles. The van der Waals surface area contributed by atoms with Crippen LogP contribution in [0.5, 0.6) is 0 Å². The summed E-state index contributed by atoms with van der Waals surface area (Å²) in [5, 5.41) is 10.1. The van der Waals surface area contributed by atoms with E-state index < -0.39 is 22.2 Å². The van der Waals surface area contributed by atoms with Gasteiger partial charge < -0.3 is 5.11 Å². The van der Waals surface area contributed by atoms with Crippen LogP contribution in [0.25, 0.3) is 0 Å². The second kappa shape index (κ2) is 7.93. The van der Waals surface area contributed by atoms with Gasteiger partial charge in [-0.1, -0.05) is 54.4 Å². The van der Waals surface area contributed by atoms with E-state index in [1.807, 2.05) is 13.8 Å². The Hall–Kier alpha value is -0.690. The van der Waals surface area contributed by atoms with Gasteiger partial charge >= 0.3 is 0 Å². The largest absolute Gasteiger partial charge is 0.387 e. The van der Waals surface area contributed by atoms with E-state index in [2.05, 4.69) is 20.7 Å². The molecule has 0 aromatic heterocycles. The van der Waals surface area contributed by atoms with Crippen LogP contribution in [0.4, 0.5) is 0 Å². The molecule has 0 spiro atoms. The molecular formula is C14H20BrNO3S. The van der Waals surface area contributed by atoms with Gasteiger partial charge in [-0.05, 0) is 29.1 Å². The molecule has 0 aliphatic carbocycles. The van der Waals surface area contributed by atoms with E-state index in [-0.39, 0.29) is 10.8 Å². The smallest absolute Gasteiger partial charge is 0.240 e. The second-order valence-electron chi connectivity index (χ2n) is 4.65. The Kier molecular flexibility index (Phi) is 6.88. The van der Waals surface area contributed by atoms with Crippen molar-refractivity contribution in [1.82, 2.24) is 4.72 Å². The fourth-order valence-corrected chi connectivity index (χ4v) is 3.51. The van der Waals surface area contributed by atoms with Crippen molar-refractivity contribution in [3.63, 3.8) is 0 Å². The standard InChI is InChI=1S/C14H20BrNO3S/c1-3-11(2)14(13(17)9-10-15)16-20(18,19)12-7-5-4-6-8-12/h4-11,13-14,16-17H,3H2,1-2H3/b10-9+/t11-,13-,14-/m0/s1. The summed E-state index contributed by atoms with van der Waals surface area (Å²) in [5.74, 6) is 0.00665. The summed E-state index contributed by atoms with van der Waals surface area (Å²) in [4.78, 5) is 1.73. The van der Waals surface area contributed by atoms with E-state index in [4.69, 9.17) is 0 Å². The zero-order chi connectivity index (χ0) is 15.2. The fraction of sp³-hybridized carbons (Fsp3) is 0.429. The maximum Gasteiger partial charge on any atom is 0.240 e. The quantitative estimate of drug-likeness (QED) is 0.784. The predicted octanol–water partition coefficient (Wildman–Crippen LogP) is 2.65. The number of benzene rings is 1. The summed E-state index contributed by atoms with van der Waals surface area (Å²) in [6.07, 6.45) is 1.39. The van der Waals surface area contributed by atoms with Gasteiger partial charge in [-0.3, -0.25) is 0 Å². The van der Waals surface area contributed by atoms with Gasteiger partial charge in [0.15, 0.2) is 0 Å². The van der Waals surface area contributed by atoms with E-state index in [0.717, 1.165) is 6.42 Å². The molecule has 1 aromatic rings. The van der Waals surface area contributed by atoms with Gasteiger partial charge in [0.2, 0.25) is 10.0 Å². The third-order valence-electron chi connectivity index (χ3n) is 3.24. The second-order valence-corrected chi connectivity index (χ2v) is 6.90. The molecule has 0 radical (unpaired) electrons. The molecule has 4 nitrogen and oxygen atoms in total. The average Bonchev–Trinajstić information content (AvgIpc) is 2.45. The zero-order valence-corrected chi connectivity index (χ0v) is 13.9. The van der Waals surface area contributed by atoms with E-state index in [9.17, 15) is 13.5 Å². The Bertz CT molecular complexity index is 531. The number of halogens is 1. The van der Waals surface area contributed by atoms with Crippen molar-refractivity contribution >= 4 is 26.0 Å². The fourth-order valence-electron chi connectivity index (χ4n) is 1.82. The lowest BCUT2D eigenvalue weighted by atomic mass is 9.95. The number of hydrogen-bond donors (Lipinski definition) is 2. The minimum absolute atomic E-state index is 0.00665. The molecule has 0 amide bonds. The summed E-state index contributed by atoms with van der Waals surface area (Å²) in [6.45, 7) is 3.86. The number of rotatable bonds is 7. The van der Waals surface area contributed by atoms with Gasteiger partial charge in [0.05, 0.1) is 17.0 Å². The highest BCUT2D eigenvalue weighted by atomic mass is 79.9. The zero-order valence-electron chi connectivity index (χ0n) is 11.5. The maximum absolute atomic E-state index is 12.3. The summed E-state index contributed by atoms with van der Waals surface area (Å²) < 4.78 is 27.2. The van der Waals surface area contributed by atoms with Gasteiger partial charge in [0, 0.05) is 0 Å². The molecule has 2 N–H and O–H groups in total. The first-order chi connectivity index (χ1) is 9.42. The Morgan fingerprint density at radius 3 is 2.45 bits per heavy atom. The summed E-state index contributed by atoms with van der Waals surface area (Å²) in [5.41, 5.74) is 0. The molecule has 1 rings (SSSR count). The number of hydrogen-bond acceptors (Lipinski definition) is 3. The first-order valence-corrected chi connectivity index (χ1v) is 8.84. The average molecular weight is 362 g/mol. The molecule has 0 fully saturated rings. The van der Waals surface area contributed by atoms with E-state index in [0.29, 0.717) is 0 Å². The number of sulfonamides is 1. The summed E-state index contributed by atoms with van der Waals surface area (Å²) in [7, 11) is -3.64. The van der Waals surface area contributed by atoms with E-state index in [1.165, 1.54) is 23.2 Å². The third-order valence-corrected chi connectivity index (χ3v) is 5.02. The van der Waals surface area contributed by atoms with Crippen LogP contribution >= 0.6 is 15.9 Å². The van der Waals surface area contributed by atoms with Crippen molar-refractivity contribution in [2.24, 2.45) is 5.92 Å². The van der Waals surface area contributed by atoms with Crippen LogP contribution < -0.4 is 4.72 Å². The van der Waals surface area contributed by atoms with Crippen LogP contribution in [-0.2, 0) is 10.0 Å². The Balaban J connectivity index is 3.00. The van der Waals surface area contributed by atoms with Crippen LogP contribution in [0.15, 0.2) is 46.3 Å². The molecule has 0 bridgehead atoms. The predicted molar refractivity (Wildman–Crippen MR) is 84.1 cm³/mol. The molecule has 0 saturated carbocycles. The molecule has 6 heteroatoms. The van der Waals surface area contributed by atoms with Crippen LogP contribution in [0, 0.1) is 5.92 Å². The summed E-state index contributed by atoms with van der Waals surface area (Å²) in [6, 6.07) is 7.58. The molecular weight excluding hydrogens is 342 g/mol. The number of aliphatic hydroxyl groups is 1. The lowest BCUT2D eigenvalue weighted by molar-refractivity contribution is 0.153. The van der Waals surface area contributed by atoms with Crippen molar-refractivity contribution in [3.8, 4) is 0 Å². The third kappa shape index (κ3) is 4.70. The number of nitrogens with one attached hydrogen (secondary N) is 1. The topological polar surface area (TPSA) is 66.4 Å². The van der Waals surface area contributed by atoms with Gasteiger partial charge in [0.25, 0.3) is 0 Å². The molecule has 0 heterocycles. The molecule has 1 aromatic carbocycles. The molecule has 20 heavy (non-hydrogen) atoms. The van der Waals surface area contributed by atoms with Gasteiger partial charge in [-0.15, -0.1) is 0 Å². The normalized spacial score (nSPS) is 17.0. The molecule has 0 aliphatic heterocycles. The first kappa shape index (κ1) is 17.4. The van der Waals surface area contributed by atoms with Crippen LogP contribution in [0.1, 0.15) is 20.3 Å². The minimum atomic E-state index is -3.64. The van der Waals surface area contributed by atoms with E-state index >= 15 is 0 Å². The van der Waals surface area contributed by atoms with Gasteiger partial charge in [0.1, 0.15) is 0 Å². The Morgan fingerprint density at radius 1 is 1.35 bits per heavy atom. The monoisotopic (exact) mass is 361 g/mol. The van der Waals surface area contributed by atoms with Crippen molar-refractivity contribution in [2.75, 3.05) is 0 Å². The van der Waals surface area contributed by atoms with Crippen molar-refractivity contribution in [3.05, 3.63) is 41.4 Å². The van der Waals surface area contributed by atoms with Gasteiger partial charge in [-0.2, -0.15) is 0 Å². The Morgan fingerprint density at radius 2 is 1.95 bits per heavy atom. The number of aliphatic hydroxyl groups excluding tert-OH is 1. The van der Waals surface area contributed by atoms with Crippen LogP contribution in [-0.4, -0.2) is 25.7 Å². The SMILES string of the molecule is CC[C@H](C)[C@H](NS(=O)(=O)c1ccccc1)[C@@H](O)/C=C/Br. The van der Waals surface area contributed by atoms with Crippen molar-refractivity contribution < 1.29 is 13.5 Å². The molecule has 0 aliphatic rings. The molecule has 3 atom stereocenters. The maximum atomic E-state index is 12.3. The first-order valence-electron chi connectivity index (χ1n) is 6.44. The van der Waals surface area contributed by atoms with Crippen LogP contribution in [0.3, 0.4) is 0 Å². The Labute approximate surface area is 129 Å². The highest BCUT2D eigenvalue weighted by Crippen LogP contribution is 2.17. The minimum Gasteiger partial charge on any atom is -0.387 e. The highest BCUT2D eigenvalue weighted by molar-refractivity contribution is 9.11. The lowest BCUT2D eigenvalue weighted by Crippen LogP contribution is -2.46. The molecule has 112 valence electrons. The molecule has 0 unspecified atom stereocenters. The lowest BCUT2D eigenvalue weighted by Gasteiger charge is -2.27. The van der Waals surface area contributed by atoms with Crippen molar-refractivity contribution in [1.29, 1.82) is 0 Å². The van der Waals surface area contributed by atoms with Crippen molar-refractivity contribution in [2.45, 2.75) is 37.3 Å². The van der Waals surface area contributed by atoms with Gasteiger partial charge in [-0.25, -0.2) is 13.1 Å². The van der Waals surface area contributed by atoms with Crippen LogP contribution in [0.2, 0.25) is 0 Å². The summed E-state index contributed by atoms with van der Waals surface area (Å²) >= 11 is 3.10. The highest BCUT2D eigenvalue weighted by Gasteiger charge is 2.28. The van der Waals surface area contributed by atoms with E-state index in [1.54, 1.807) is 18.2 Å².